The Labute approximate surface area is 118 Å². The van der Waals surface area contributed by atoms with Crippen molar-refractivity contribution in [2.45, 2.75) is 49.7 Å². The van der Waals surface area contributed by atoms with Crippen molar-refractivity contribution in [1.29, 1.82) is 0 Å². The summed E-state index contributed by atoms with van der Waals surface area (Å²) in [5, 5.41) is 2.94. The average molecular weight is 300 g/mol. The van der Waals surface area contributed by atoms with Crippen molar-refractivity contribution in [2.75, 3.05) is 13.1 Å². The van der Waals surface area contributed by atoms with Gasteiger partial charge in [0.1, 0.15) is 0 Å². The standard InChI is InChI=1S/C13H20N2O2S2/c16-19(17,12-5-1-2-6-12)15-8-3-4-11(10-15)13-14-7-9-18-13/h7,9,11-12H,1-6,8,10H2/t11-/m1/s1. The van der Waals surface area contributed by atoms with Crippen LogP contribution in [0.2, 0.25) is 0 Å². The normalized spacial score (nSPS) is 26.8. The molecule has 1 atom stereocenters. The maximum absolute atomic E-state index is 12.6. The number of rotatable bonds is 3. The molecule has 0 N–H and O–H groups in total. The minimum atomic E-state index is -3.08. The zero-order valence-electron chi connectivity index (χ0n) is 11.0. The molecule has 19 heavy (non-hydrogen) atoms. The van der Waals surface area contributed by atoms with E-state index in [1.54, 1.807) is 15.6 Å². The molecule has 6 heteroatoms. The molecule has 1 aliphatic carbocycles. The van der Waals surface area contributed by atoms with Gasteiger partial charge in [-0.25, -0.2) is 17.7 Å². The third-order valence-electron chi connectivity index (χ3n) is 4.27. The lowest BCUT2D eigenvalue weighted by Crippen LogP contribution is -2.43. The van der Waals surface area contributed by atoms with Crippen LogP contribution in [0.5, 0.6) is 0 Å². The molecule has 1 aromatic heterocycles. The highest BCUT2D eigenvalue weighted by Crippen LogP contribution is 2.33. The van der Waals surface area contributed by atoms with Crippen LogP contribution in [0.4, 0.5) is 0 Å². The van der Waals surface area contributed by atoms with E-state index in [1.807, 2.05) is 11.6 Å². The number of sulfonamides is 1. The van der Waals surface area contributed by atoms with Crippen molar-refractivity contribution < 1.29 is 8.42 Å². The molecule has 1 aromatic rings. The van der Waals surface area contributed by atoms with E-state index in [2.05, 4.69) is 4.98 Å². The smallest absolute Gasteiger partial charge is 0.217 e. The average Bonchev–Trinajstić information content (AvgIpc) is 3.12. The van der Waals surface area contributed by atoms with Crippen LogP contribution in [0.15, 0.2) is 11.6 Å². The molecule has 1 saturated heterocycles. The SMILES string of the molecule is O=S(=O)(C1CCCC1)N1CCC[C@@H](c2nccs2)C1. The van der Waals surface area contributed by atoms with Gasteiger partial charge >= 0.3 is 0 Å². The Morgan fingerprint density at radius 3 is 2.68 bits per heavy atom. The van der Waals surface area contributed by atoms with Crippen molar-refractivity contribution in [2.24, 2.45) is 0 Å². The van der Waals surface area contributed by atoms with E-state index in [9.17, 15) is 8.42 Å². The van der Waals surface area contributed by atoms with Gasteiger partial charge in [0.15, 0.2) is 0 Å². The molecule has 3 rings (SSSR count). The molecule has 0 bridgehead atoms. The first-order valence-electron chi connectivity index (χ1n) is 7.06. The van der Waals surface area contributed by atoms with Gasteiger partial charge in [0, 0.05) is 30.6 Å². The quantitative estimate of drug-likeness (QED) is 0.862. The number of thiazole rings is 1. The lowest BCUT2D eigenvalue weighted by molar-refractivity contribution is 0.311. The summed E-state index contributed by atoms with van der Waals surface area (Å²) in [7, 11) is -3.08. The number of aromatic nitrogens is 1. The molecule has 106 valence electrons. The molecule has 2 fully saturated rings. The monoisotopic (exact) mass is 300 g/mol. The Hall–Kier alpha value is -0.460. The molecule has 0 radical (unpaired) electrons. The van der Waals surface area contributed by atoms with E-state index in [0.29, 0.717) is 19.0 Å². The van der Waals surface area contributed by atoms with Crippen LogP contribution in [-0.4, -0.2) is 36.0 Å². The molecular formula is C13H20N2O2S2. The Balaban J connectivity index is 1.74. The maximum atomic E-state index is 12.6. The van der Waals surface area contributed by atoms with Gasteiger partial charge in [0.25, 0.3) is 0 Å². The molecular weight excluding hydrogens is 280 g/mol. The Morgan fingerprint density at radius 1 is 1.21 bits per heavy atom. The van der Waals surface area contributed by atoms with Gasteiger partial charge in [-0.15, -0.1) is 11.3 Å². The zero-order valence-corrected chi connectivity index (χ0v) is 12.6. The fourth-order valence-corrected chi connectivity index (χ4v) is 6.10. The van der Waals surface area contributed by atoms with Crippen LogP contribution in [0.1, 0.15) is 49.5 Å². The number of piperidine rings is 1. The van der Waals surface area contributed by atoms with E-state index in [-0.39, 0.29) is 5.25 Å². The summed E-state index contributed by atoms with van der Waals surface area (Å²) >= 11 is 1.64. The van der Waals surface area contributed by atoms with Crippen molar-refractivity contribution in [3.8, 4) is 0 Å². The largest absolute Gasteiger partial charge is 0.249 e. The van der Waals surface area contributed by atoms with Crippen LogP contribution < -0.4 is 0 Å². The molecule has 2 aliphatic rings. The first-order valence-corrected chi connectivity index (χ1v) is 9.44. The highest BCUT2D eigenvalue weighted by Gasteiger charge is 2.37. The predicted octanol–water partition coefficient (Wildman–Crippen LogP) is 2.59. The predicted molar refractivity (Wildman–Crippen MR) is 76.8 cm³/mol. The number of hydrogen-bond acceptors (Lipinski definition) is 4. The van der Waals surface area contributed by atoms with Crippen LogP contribution in [0, 0.1) is 0 Å². The van der Waals surface area contributed by atoms with Crippen LogP contribution in [0.25, 0.3) is 0 Å². The maximum Gasteiger partial charge on any atom is 0.217 e. The van der Waals surface area contributed by atoms with E-state index in [1.165, 1.54) is 0 Å². The molecule has 0 amide bonds. The molecule has 1 aliphatic heterocycles. The summed E-state index contributed by atoms with van der Waals surface area (Å²) in [6, 6.07) is 0. The third-order valence-corrected chi connectivity index (χ3v) is 7.57. The van der Waals surface area contributed by atoms with E-state index < -0.39 is 10.0 Å². The Kier molecular flexibility index (Phi) is 3.91. The van der Waals surface area contributed by atoms with E-state index in [0.717, 1.165) is 43.5 Å². The second-order valence-corrected chi connectivity index (χ2v) is 8.66. The Morgan fingerprint density at radius 2 is 2.00 bits per heavy atom. The fourth-order valence-electron chi connectivity index (χ4n) is 3.21. The van der Waals surface area contributed by atoms with Gasteiger partial charge in [-0.1, -0.05) is 12.8 Å². The lowest BCUT2D eigenvalue weighted by atomic mass is 10.0. The lowest BCUT2D eigenvalue weighted by Gasteiger charge is -2.32. The summed E-state index contributed by atoms with van der Waals surface area (Å²) in [6.45, 7) is 1.33. The summed E-state index contributed by atoms with van der Waals surface area (Å²) in [5.41, 5.74) is 0. The van der Waals surface area contributed by atoms with Crippen molar-refractivity contribution in [3.05, 3.63) is 16.6 Å². The van der Waals surface area contributed by atoms with Crippen LogP contribution in [0.3, 0.4) is 0 Å². The molecule has 4 nitrogen and oxygen atoms in total. The van der Waals surface area contributed by atoms with Gasteiger partial charge < -0.3 is 0 Å². The van der Waals surface area contributed by atoms with E-state index in [4.69, 9.17) is 0 Å². The van der Waals surface area contributed by atoms with Gasteiger partial charge in [-0.05, 0) is 25.7 Å². The van der Waals surface area contributed by atoms with Gasteiger partial charge in [0.2, 0.25) is 10.0 Å². The fraction of sp³-hybridized carbons (Fsp3) is 0.769. The van der Waals surface area contributed by atoms with Crippen molar-refractivity contribution >= 4 is 21.4 Å². The second-order valence-electron chi connectivity index (χ2n) is 5.52. The number of nitrogens with zero attached hydrogens (tertiary/aromatic N) is 2. The molecule has 0 aromatic carbocycles. The minimum absolute atomic E-state index is 0.123. The van der Waals surface area contributed by atoms with Crippen molar-refractivity contribution in [3.63, 3.8) is 0 Å². The number of hydrogen-bond donors (Lipinski definition) is 0. The first kappa shape index (κ1) is 13.5. The molecule has 2 heterocycles. The summed E-state index contributed by atoms with van der Waals surface area (Å²) in [4.78, 5) is 4.35. The molecule has 1 saturated carbocycles. The van der Waals surface area contributed by atoms with Crippen LogP contribution in [-0.2, 0) is 10.0 Å². The second kappa shape index (κ2) is 5.50. The van der Waals surface area contributed by atoms with Gasteiger partial charge in [-0.2, -0.15) is 0 Å². The zero-order chi connectivity index (χ0) is 13.3. The molecule has 0 unspecified atom stereocenters. The Bertz CT molecular complexity index is 507. The summed E-state index contributed by atoms with van der Waals surface area (Å²) < 4.78 is 27.0. The highest BCUT2D eigenvalue weighted by molar-refractivity contribution is 7.89. The van der Waals surface area contributed by atoms with Crippen LogP contribution >= 0.6 is 11.3 Å². The first-order chi connectivity index (χ1) is 9.18. The van der Waals surface area contributed by atoms with Crippen molar-refractivity contribution in [1.82, 2.24) is 9.29 Å². The summed E-state index contributed by atoms with van der Waals surface area (Å²) in [5.74, 6) is 0.296. The highest BCUT2D eigenvalue weighted by atomic mass is 32.2. The molecule has 0 spiro atoms. The van der Waals surface area contributed by atoms with Gasteiger partial charge in [0.05, 0.1) is 10.3 Å². The summed E-state index contributed by atoms with van der Waals surface area (Å²) in [6.07, 6.45) is 7.65. The topological polar surface area (TPSA) is 50.3 Å². The van der Waals surface area contributed by atoms with Gasteiger partial charge in [-0.3, -0.25) is 0 Å². The van der Waals surface area contributed by atoms with E-state index >= 15 is 0 Å². The minimum Gasteiger partial charge on any atom is -0.249 e. The third kappa shape index (κ3) is 2.71.